The van der Waals surface area contributed by atoms with Gasteiger partial charge in [-0.25, -0.2) is 13.4 Å². The first-order valence-corrected chi connectivity index (χ1v) is 10.4. The van der Waals surface area contributed by atoms with Crippen molar-refractivity contribution < 1.29 is 13.2 Å². The summed E-state index contributed by atoms with van der Waals surface area (Å²) in [5.74, 6) is -0.400. The molecular formula is C16H13BrN2O3S2. The van der Waals surface area contributed by atoms with Crippen LogP contribution < -0.4 is 5.32 Å². The number of hydrogen-bond acceptors (Lipinski definition) is 5. The fourth-order valence-electron chi connectivity index (χ4n) is 2.14. The smallest absolute Gasteiger partial charge is 0.257 e. The molecule has 0 aliphatic heterocycles. The number of aromatic nitrogens is 1. The lowest BCUT2D eigenvalue weighted by atomic mass is 10.2. The van der Waals surface area contributed by atoms with Crippen LogP contribution in [0.25, 0.3) is 10.2 Å². The summed E-state index contributed by atoms with van der Waals surface area (Å²) in [6.07, 6.45) is 0. The van der Waals surface area contributed by atoms with Crippen LogP contribution in [0, 0.1) is 0 Å². The fraction of sp³-hybridized carbons (Fsp3) is 0.125. The molecule has 124 valence electrons. The Morgan fingerprint density at radius 1 is 1.25 bits per heavy atom. The first-order valence-electron chi connectivity index (χ1n) is 7.10. The Balaban J connectivity index is 1.89. The zero-order chi connectivity index (χ0) is 17.3. The van der Waals surface area contributed by atoms with Crippen molar-refractivity contribution in [3.8, 4) is 0 Å². The van der Waals surface area contributed by atoms with E-state index in [-0.39, 0.29) is 16.2 Å². The summed E-state index contributed by atoms with van der Waals surface area (Å²) in [5, 5.41) is 3.19. The van der Waals surface area contributed by atoms with E-state index in [4.69, 9.17) is 0 Å². The monoisotopic (exact) mass is 424 g/mol. The highest BCUT2D eigenvalue weighted by molar-refractivity contribution is 9.10. The molecule has 3 aromatic rings. The van der Waals surface area contributed by atoms with E-state index in [0.717, 1.165) is 14.7 Å². The Hall–Kier alpha value is -1.77. The topological polar surface area (TPSA) is 76.1 Å². The standard InChI is InChI=1S/C16H13BrN2O3S2/c1-2-24(21,22)11-6-3-5-10(9-11)15(20)19-16-18-14-12(17)7-4-8-13(14)23-16/h3-9H,2H2,1H3,(H,18,19,20). The molecule has 1 heterocycles. The van der Waals surface area contributed by atoms with Crippen LogP contribution in [-0.2, 0) is 9.84 Å². The number of para-hydroxylation sites is 1. The Morgan fingerprint density at radius 2 is 2.00 bits per heavy atom. The van der Waals surface area contributed by atoms with Gasteiger partial charge in [-0.2, -0.15) is 0 Å². The van der Waals surface area contributed by atoms with Gasteiger partial charge in [-0.15, -0.1) is 0 Å². The average molecular weight is 425 g/mol. The Labute approximate surface area is 151 Å². The van der Waals surface area contributed by atoms with Gasteiger partial charge in [0.1, 0.15) is 0 Å². The Kier molecular flexibility index (Phi) is 4.71. The van der Waals surface area contributed by atoms with Crippen LogP contribution in [0.5, 0.6) is 0 Å². The lowest BCUT2D eigenvalue weighted by Crippen LogP contribution is -2.13. The van der Waals surface area contributed by atoms with Gasteiger partial charge < -0.3 is 0 Å². The molecule has 24 heavy (non-hydrogen) atoms. The predicted molar refractivity (Wildman–Crippen MR) is 99.4 cm³/mol. The maximum Gasteiger partial charge on any atom is 0.257 e. The number of hydrogen-bond donors (Lipinski definition) is 1. The highest BCUT2D eigenvalue weighted by Crippen LogP contribution is 2.31. The molecule has 0 atom stereocenters. The average Bonchev–Trinajstić information content (AvgIpc) is 2.99. The lowest BCUT2D eigenvalue weighted by Gasteiger charge is -2.05. The number of carbonyl (C=O) groups is 1. The number of fused-ring (bicyclic) bond motifs is 1. The molecule has 3 rings (SSSR count). The van der Waals surface area contributed by atoms with E-state index < -0.39 is 15.7 Å². The van der Waals surface area contributed by atoms with E-state index in [1.807, 2.05) is 18.2 Å². The maximum atomic E-state index is 12.4. The zero-order valence-corrected chi connectivity index (χ0v) is 15.8. The predicted octanol–water partition coefficient (Wildman–Crippen LogP) is 4.10. The largest absolute Gasteiger partial charge is 0.298 e. The van der Waals surface area contributed by atoms with Gasteiger partial charge in [0, 0.05) is 10.0 Å². The number of anilines is 1. The SMILES string of the molecule is CCS(=O)(=O)c1cccc(C(=O)Nc2nc3c(Br)cccc3s2)c1. The van der Waals surface area contributed by atoms with Gasteiger partial charge in [-0.1, -0.05) is 30.4 Å². The minimum Gasteiger partial charge on any atom is -0.298 e. The summed E-state index contributed by atoms with van der Waals surface area (Å²) in [6, 6.07) is 11.7. The zero-order valence-electron chi connectivity index (χ0n) is 12.6. The molecule has 0 aliphatic carbocycles. The molecule has 2 aromatic carbocycles. The second-order valence-corrected chi connectivity index (χ2v) is 9.15. The van der Waals surface area contributed by atoms with Gasteiger partial charge in [0.2, 0.25) is 0 Å². The van der Waals surface area contributed by atoms with E-state index in [2.05, 4.69) is 26.2 Å². The van der Waals surface area contributed by atoms with Crippen molar-refractivity contribution in [1.29, 1.82) is 0 Å². The van der Waals surface area contributed by atoms with Gasteiger partial charge in [0.25, 0.3) is 5.91 Å². The Bertz CT molecular complexity index is 1030. The van der Waals surface area contributed by atoms with Crippen molar-refractivity contribution in [3.63, 3.8) is 0 Å². The molecule has 5 nitrogen and oxygen atoms in total. The lowest BCUT2D eigenvalue weighted by molar-refractivity contribution is 0.102. The quantitative estimate of drug-likeness (QED) is 0.683. The summed E-state index contributed by atoms with van der Waals surface area (Å²) in [7, 11) is -3.35. The number of nitrogens with one attached hydrogen (secondary N) is 1. The van der Waals surface area contributed by atoms with Crippen LogP contribution in [0.3, 0.4) is 0 Å². The number of rotatable bonds is 4. The van der Waals surface area contributed by atoms with Crippen molar-refractivity contribution in [2.45, 2.75) is 11.8 Å². The first-order chi connectivity index (χ1) is 11.4. The molecule has 0 saturated carbocycles. The minimum absolute atomic E-state index is 0.00995. The molecule has 0 aliphatic rings. The second-order valence-electron chi connectivity index (χ2n) is 4.99. The summed E-state index contributed by atoms with van der Waals surface area (Å²) in [6.45, 7) is 1.57. The number of halogens is 1. The molecule has 1 N–H and O–H groups in total. The minimum atomic E-state index is -3.35. The van der Waals surface area contributed by atoms with E-state index in [1.165, 1.54) is 23.5 Å². The number of carbonyl (C=O) groups excluding carboxylic acids is 1. The molecular weight excluding hydrogens is 412 g/mol. The van der Waals surface area contributed by atoms with Crippen molar-refractivity contribution >= 4 is 58.4 Å². The summed E-state index contributed by atoms with van der Waals surface area (Å²) >= 11 is 4.78. The number of nitrogens with zero attached hydrogens (tertiary/aromatic N) is 1. The molecule has 0 radical (unpaired) electrons. The molecule has 8 heteroatoms. The number of thiazole rings is 1. The van der Waals surface area contributed by atoms with Crippen LogP contribution in [0.15, 0.2) is 51.8 Å². The summed E-state index contributed by atoms with van der Waals surface area (Å²) in [4.78, 5) is 16.9. The first kappa shape index (κ1) is 17.1. The third kappa shape index (κ3) is 3.35. The summed E-state index contributed by atoms with van der Waals surface area (Å²) in [5.41, 5.74) is 1.06. The highest BCUT2D eigenvalue weighted by atomic mass is 79.9. The van der Waals surface area contributed by atoms with Crippen LogP contribution in [0.4, 0.5) is 5.13 Å². The van der Waals surface area contributed by atoms with Gasteiger partial charge in [-0.3, -0.25) is 10.1 Å². The molecule has 0 unspecified atom stereocenters. The highest BCUT2D eigenvalue weighted by Gasteiger charge is 2.16. The summed E-state index contributed by atoms with van der Waals surface area (Å²) < 4.78 is 25.7. The van der Waals surface area contributed by atoms with Crippen LogP contribution in [-0.4, -0.2) is 25.1 Å². The van der Waals surface area contributed by atoms with Crippen LogP contribution >= 0.6 is 27.3 Å². The van der Waals surface area contributed by atoms with Crippen LogP contribution in [0.1, 0.15) is 17.3 Å². The fourth-order valence-corrected chi connectivity index (χ4v) is 4.53. The molecule has 0 spiro atoms. The third-order valence-electron chi connectivity index (χ3n) is 3.43. The number of sulfone groups is 1. The van der Waals surface area contributed by atoms with E-state index in [0.29, 0.717) is 5.13 Å². The molecule has 0 bridgehead atoms. The van der Waals surface area contributed by atoms with Crippen LogP contribution in [0.2, 0.25) is 0 Å². The van der Waals surface area contributed by atoms with E-state index >= 15 is 0 Å². The van der Waals surface area contributed by atoms with Gasteiger partial charge in [-0.05, 0) is 46.3 Å². The normalized spacial score (nSPS) is 11.6. The Morgan fingerprint density at radius 3 is 2.71 bits per heavy atom. The molecule has 1 amide bonds. The van der Waals surface area contributed by atoms with Gasteiger partial charge in [0.15, 0.2) is 15.0 Å². The molecule has 0 fully saturated rings. The van der Waals surface area contributed by atoms with Gasteiger partial charge in [0.05, 0.1) is 20.9 Å². The van der Waals surface area contributed by atoms with Crippen molar-refractivity contribution in [3.05, 3.63) is 52.5 Å². The van der Waals surface area contributed by atoms with Crippen molar-refractivity contribution in [2.24, 2.45) is 0 Å². The number of amides is 1. The van der Waals surface area contributed by atoms with Gasteiger partial charge >= 0.3 is 0 Å². The molecule has 1 aromatic heterocycles. The third-order valence-corrected chi connectivity index (χ3v) is 6.73. The molecule has 0 saturated heterocycles. The van der Waals surface area contributed by atoms with E-state index in [1.54, 1.807) is 19.1 Å². The maximum absolute atomic E-state index is 12.4. The van der Waals surface area contributed by atoms with E-state index in [9.17, 15) is 13.2 Å². The second kappa shape index (κ2) is 6.62. The van der Waals surface area contributed by atoms with Crippen molar-refractivity contribution in [2.75, 3.05) is 11.1 Å². The number of benzene rings is 2. The van der Waals surface area contributed by atoms with Crippen molar-refractivity contribution in [1.82, 2.24) is 4.98 Å².